The number of pyridine rings is 1. The zero-order chi connectivity index (χ0) is 14.9. The van der Waals surface area contributed by atoms with Gasteiger partial charge in [-0.3, -0.25) is 9.78 Å². The number of rotatable bonds is 2. The molecule has 1 aliphatic rings. The van der Waals surface area contributed by atoms with Gasteiger partial charge in [0.15, 0.2) is 0 Å². The third kappa shape index (κ3) is 3.17. The van der Waals surface area contributed by atoms with Gasteiger partial charge in [-0.1, -0.05) is 20.8 Å². The Kier molecular flexibility index (Phi) is 4.11. The lowest BCUT2D eigenvalue weighted by Crippen LogP contribution is -2.34. The first-order chi connectivity index (χ1) is 9.29. The predicted octanol–water partition coefficient (Wildman–Crippen LogP) is 3.85. The van der Waals surface area contributed by atoms with E-state index < -0.39 is 17.7 Å². The summed E-state index contributed by atoms with van der Waals surface area (Å²) in [4.78, 5) is 15.3. The standard InChI is InChI=1S/C16H22FNO2/c1-16(2,3)11-4-5-13(15(19)20)14(7-11)10-6-12(17)9-18-8-10/h6,8-9,11,13-14H,4-5,7H2,1-3H3,(H,19,20). The molecule has 3 unspecified atom stereocenters. The third-order valence-corrected chi connectivity index (χ3v) is 4.55. The minimum Gasteiger partial charge on any atom is -0.481 e. The first kappa shape index (κ1) is 14.9. The van der Waals surface area contributed by atoms with Crippen LogP contribution in [0, 0.1) is 23.1 Å². The van der Waals surface area contributed by atoms with Crippen molar-refractivity contribution in [3.63, 3.8) is 0 Å². The van der Waals surface area contributed by atoms with Gasteiger partial charge >= 0.3 is 5.97 Å². The number of carboxylic acids is 1. The fourth-order valence-electron chi connectivity index (χ4n) is 3.25. The van der Waals surface area contributed by atoms with Crippen LogP contribution in [0.5, 0.6) is 0 Å². The average molecular weight is 279 g/mol. The fraction of sp³-hybridized carbons (Fsp3) is 0.625. The highest BCUT2D eigenvalue weighted by atomic mass is 19.1. The number of hydrogen-bond acceptors (Lipinski definition) is 2. The summed E-state index contributed by atoms with van der Waals surface area (Å²) in [5.74, 6) is -1.31. The van der Waals surface area contributed by atoms with Crippen molar-refractivity contribution in [3.05, 3.63) is 29.8 Å². The number of carboxylic acid groups (broad SMARTS) is 1. The molecule has 0 saturated heterocycles. The van der Waals surface area contributed by atoms with Crippen LogP contribution in [-0.4, -0.2) is 16.1 Å². The van der Waals surface area contributed by atoms with Gasteiger partial charge < -0.3 is 5.11 Å². The van der Waals surface area contributed by atoms with Crippen LogP contribution in [0.15, 0.2) is 18.5 Å². The molecule has 20 heavy (non-hydrogen) atoms. The van der Waals surface area contributed by atoms with Gasteiger partial charge in [0.2, 0.25) is 0 Å². The monoisotopic (exact) mass is 279 g/mol. The van der Waals surface area contributed by atoms with E-state index in [2.05, 4.69) is 25.8 Å². The minimum absolute atomic E-state index is 0.141. The van der Waals surface area contributed by atoms with Crippen LogP contribution in [0.25, 0.3) is 0 Å². The Labute approximate surface area is 119 Å². The van der Waals surface area contributed by atoms with E-state index in [0.717, 1.165) is 19.0 Å². The van der Waals surface area contributed by atoms with Crippen LogP contribution >= 0.6 is 0 Å². The molecule has 1 fully saturated rings. The van der Waals surface area contributed by atoms with E-state index in [-0.39, 0.29) is 11.3 Å². The van der Waals surface area contributed by atoms with Gasteiger partial charge in [-0.05, 0) is 48.1 Å². The molecular weight excluding hydrogens is 257 g/mol. The first-order valence-corrected chi connectivity index (χ1v) is 7.12. The summed E-state index contributed by atoms with van der Waals surface area (Å²) >= 11 is 0. The van der Waals surface area contributed by atoms with Crippen molar-refractivity contribution in [1.82, 2.24) is 4.98 Å². The van der Waals surface area contributed by atoms with Crippen molar-refractivity contribution >= 4 is 5.97 Å². The van der Waals surface area contributed by atoms with E-state index in [1.807, 2.05) is 0 Å². The second kappa shape index (κ2) is 5.51. The van der Waals surface area contributed by atoms with Gasteiger partial charge in [0.25, 0.3) is 0 Å². The molecule has 3 atom stereocenters. The maximum Gasteiger partial charge on any atom is 0.307 e. The van der Waals surface area contributed by atoms with Crippen LogP contribution in [0.1, 0.15) is 51.5 Å². The number of nitrogens with zero attached hydrogens (tertiary/aromatic N) is 1. The van der Waals surface area contributed by atoms with Gasteiger partial charge in [-0.2, -0.15) is 0 Å². The molecule has 0 radical (unpaired) electrons. The maximum atomic E-state index is 13.4. The van der Waals surface area contributed by atoms with Gasteiger partial charge in [0.1, 0.15) is 5.82 Å². The molecule has 0 aliphatic heterocycles. The number of aromatic nitrogens is 1. The van der Waals surface area contributed by atoms with E-state index in [4.69, 9.17) is 0 Å². The molecule has 0 aromatic carbocycles. The van der Waals surface area contributed by atoms with Crippen molar-refractivity contribution in [2.75, 3.05) is 0 Å². The summed E-state index contributed by atoms with van der Waals surface area (Å²) in [6, 6.07) is 1.43. The van der Waals surface area contributed by atoms with Crippen LogP contribution in [-0.2, 0) is 4.79 Å². The maximum absolute atomic E-state index is 13.4. The minimum atomic E-state index is -0.786. The molecular formula is C16H22FNO2. The third-order valence-electron chi connectivity index (χ3n) is 4.55. The van der Waals surface area contributed by atoms with Gasteiger partial charge in [-0.25, -0.2) is 4.39 Å². The van der Waals surface area contributed by atoms with Gasteiger partial charge in [0.05, 0.1) is 12.1 Å². The molecule has 1 heterocycles. The van der Waals surface area contributed by atoms with E-state index in [1.165, 1.54) is 6.07 Å². The van der Waals surface area contributed by atoms with Crippen molar-refractivity contribution in [3.8, 4) is 0 Å². The smallest absolute Gasteiger partial charge is 0.307 e. The fourth-order valence-corrected chi connectivity index (χ4v) is 3.25. The summed E-state index contributed by atoms with van der Waals surface area (Å²) in [6.45, 7) is 6.54. The van der Waals surface area contributed by atoms with Crippen LogP contribution < -0.4 is 0 Å². The summed E-state index contributed by atoms with van der Waals surface area (Å²) in [7, 11) is 0. The molecule has 1 aromatic heterocycles. The molecule has 1 aliphatic carbocycles. The Balaban J connectivity index is 2.30. The number of hydrogen-bond donors (Lipinski definition) is 1. The lowest BCUT2D eigenvalue weighted by molar-refractivity contribution is -0.144. The van der Waals surface area contributed by atoms with Crippen LogP contribution in [0.2, 0.25) is 0 Å². The molecule has 3 nitrogen and oxygen atoms in total. The second-order valence-electron chi connectivity index (χ2n) is 6.86. The lowest BCUT2D eigenvalue weighted by atomic mass is 9.64. The van der Waals surface area contributed by atoms with E-state index in [1.54, 1.807) is 6.20 Å². The highest BCUT2D eigenvalue weighted by molar-refractivity contribution is 5.71. The van der Waals surface area contributed by atoms with Gasteiger partial charge in [0, 0.05) is 6.20 Å². The Bertz CT molecular complexity index is 495. The highest BCUT2D eigenvalue weighted by Crippen LogP contribution is 2.46. The van der Waals surface area contributed by atoms with Gasteiger partial charge in [-0.15, -0.1) is 0 Å². The molecule has 0 bridgehead atoms. The van der Waals surface area contributed by atoms with E-state index in [9.17, 15) is 14.3 Å². The average Bonchev–Trinajstić information content (AvgIpc) is 2.37. The predicted molar refractivity (Wildman–Crippen MR) is 74.9 cm³/mol. The first-order valence-electron chi connectivity index (χ1n) is 7.12. The SMILES string of the molecule is CC(C)(C)C1CCC(C(=O)O)C(c2cncc(F)c2)C1. The Morgan fingerprint density at radius 1 is 1.35 bits per heavy atom. The molecule has 4 heteroatoms. The number of halogens is 1. The Hall–Kier alpha value is -1.45. The van der Waals surface area contributed by atoms with E-state index >= 15 is 0 Å². The lowest BCUT2D eigenvalue weighted by Gasteiger charge is -2.40. The Morgan fingerprint density at radius 3 is 2.60 bits per heavy atom. The number of aliphatic carboxylic acids is 1. The summed E-state index contributed by atoms with van der Waals surface area (Å²) in [5, 5.41) is 9.41. The molecule has 1 saturated carbocycles. The van der Waals surface area contributed by atoms with Crippen molar-refractivity contribution in [2.45, 2.75) is 46.0 Å². The summed E-state index contributed by atoms with van der Waals surface area (Å²) in [6.07, 6.45) is 5.11. The van der Waals surface area contributed by atoms with Crippen molar-refractivity contribution in [1.29, 1.82) is 0 Å². The van der Waals surface area contributed by atoms with Crippen molar-refractivity contribution < 1.29 is 14.3 Å². The Morgan fingerprint density at radius 2 is 2.05 bits per heavy atom. The quantitative estimate of drug-likeness (QED) is 0.894. The summed E-state index contributed by atoms with van der Waals surface area (Å²) in [5.41, 5.74) is 0.856. The number of carbonyl (C=O) groups is 1. The van der Waals surface area contributed by atoms with Crippen LogP contribution in [0.4, 0.5) is 4.39 Å². The highest BCUT2D eigenvalue weighted by Gasteiger charge is 2.39. The molecule has 1 aromatic rings. The normalized spacial score (nSPS) is 27.3. The second-order valence-corrected chi connectivity index (χ2v) is 6.86. The molecule has 0 amide bonds. The van der Waals surface area contributed by atoms with E-state index in [0.29, 0.717) is 17.9 Å². The zero-order valence-corrected chi connectivity index (χ0v) is 12.3. The topological polar surface area (TPSA) is 50.2 Å². The molecule has 1 N–H and O–H groups in total. The van der Waals surface area contributed by atoms with Crippen molar-refractivity contribution in [2.24, 2.45) is 17.3 Å². The zero-order valence-electron chi connectivity index (χ0n) is 12.3. The largest absolute Gasteiger partial charge is 0.481 e. The summed E-state index contributed by atoms with van der Waals surface area (Å²) < 4.78 is 13.4. The molecule has 2 rings (SSSR count). The molecule has 0 spiro atoms. The molecule has 110 valence electrons. The van der Waals surface area contributed by atoms with Crippen LogP contribution in [0.3, 0.4) is 0 Å².